The molecule has 1 N–H and O–H groups in total. The monoisotopic (exact) mass is 336 g/mol. The van der Waals surface area contributed by atoms with Crippen molar-refractivity contribution >= 4 is 31.8 Å². The van der Waals surface area contributed by atoms with Crippen molar-refractivity contribution in [2.24, 2.45) is 0 Å². The Kier molecular flexibility index (Phi) is 3.93. The van der Waals surface area contributed by atoms with Crippen LogP contribution in [0.5, 0.6) is 0 Å². The van der Waals surface area contributed by atoms with Crippen molar-refractivity contribution in [3.8, 4) is 0 Å². The SMILES string of the molecule is Cc1cc(F)c(Br)cc1NS(=O)(=O)N1CCCC1. The summed E-state index contributed by atoms with van der Waals surface area (Å²) in [6.45, 7) is 2.74. The minimum Gasteiger partial charge on any atom is -0.271 e. The van der Waals surface area contributed by atoms with Crippen molar-refractivity contribution in [3.63, 3.8) is 0 Å². The molecule has 18 heavy (non-hydrogen) atoms. The lowest BCUT2D eigenvalue weighted by Crippen LogP contribution is -2.33. The van der Waals surface area contributed by atoms with E-state index >= 15 is 0 Å². The third-order valence-electron chi connectivity index (χ3n) is 2.91. The molecule has 1 heterocycles. The average Bonchev–Trinajstić information content (AvgIpc) is 2.79. The highest BCUT2D eigenvalue weighted by molar-refractivity contribution is 9.10. The molecule has 2 rings (SSSR count). The summed E-state index contributed by atoms with van der Waals surface area (Å²) in [5, 5.41) is 0. The van der Waals surface area contributed by atoms with Crippen LogP contribution in [-0.4, -0.2) is 25.8 Å². The first-order valence-electron chi connectivity index (χ1n) is 5.64. The van der Waals surface area contributed by atoms with E-state index in [-0.39, 0.29) is 4.47 Å². The van der Waals surface area contributed by atoms with Crippen LogP contribution >= 0.6 is 15.9 Å². The minimum atomic E-state index is -3.53. The number of anilines is 1. The summed E-state index contributed by atoms with van der Waals surface area (Å²) in [6, 6.07) is 2.74. The van der Waals surface area contributed by atoms with Crippen molar-refractivity contribution in [1.82, 2.24) is 4.31 Å². The van der Waals surface area contributed by atoms with Gasteiger partial charge in [0, 0.05) is 13.1 Å². The lowest BCUT2D eigenvalue weighted by molar-refractivity contribution is 0.482. The molecule has 1 aliphatic rings. The molecule has 0 aliphatic carbocycles. The molecular formula is C11H14BrFN2O2S. The second-order valence-electron chi connectivity index (χ2n) is 4.29. The van der Waals surface area contributed by atoms with Crippen LogP contribution in [0.15, 0.2) is 16.6 Å². The Hall–Kier alpha value is -0.660. The second-order valence-corrected chi connectivity index (χ2v) is 6.82. The number of nitrogens with zero attached hydrogens (tertiary/aromatic N) is 1. The van der Waals surface area contributed by atoms with Crippen LogP contribution in [0.1, 0.15) is 18.4 Å². The summed E-state index contributed by atoms with van der Waals surface area (Å²) in [5.74, 6) is -0.406. The van der Waals surface area contributed by atoms with Crippen LogP contribution in [0.4, 0.5) is 10.1 Å². The number of nitrogens with one attached hydrogen (secondary N) is 1. The molecule has 100 valence electrons. The molecule has 1 aromatic rings. The van der Waals surface area contributed by atoms with E-state index in [1.54, 1.807) is 6.92 Å². The van der Waals surface area contributed by atoms with Gasteiger partial charge in [-0.3, -0.25) is 4.72 Å². The average molecular weight is 337 g/mol. The molecule has 7 heteroatoms. The largest absolute Gasteiger partial charge is 0.301 e. The first-order valence-corrected chi connectivity index (χ1v) is 7.87. The number of hydrogen-bond acceptors (Lipinski definition) is 2. The van der Waals surface area contributed by atoms with Gasteiger partial charge in [0.1, 0.15) is 5.82 Å². The van der Waals surface area contributed by atoms with Crippen LogP contribution in [0.25, 0.3) is 0 Å². The molecule has 1 aliphatic heterocycles. The topological polar surface area (TPSA) is 49.4 Å². The number of halogens is 2. The summed E-state index contributed by atoms with van der Waals surface area (Å²) in [7, 11) is -3.53. The van der Waals surface area contributed by atoms with Gasteiger partial charge in [0.05, 0.1) is 10.2 Å². The van der Waals surface area contributed by atoms with Crippen molar-refractivity contribution in [3.05, 3.63) is 28.0 Å². The molecule has 0 radical (unpaired) electrons. The Labute approximate surface area is 114 Å². The van der Waals surface area contributed by atoms with Crippen molar-refractivity contribution < 1.29 is 12.8 Å². The van der Waals surface area contributed by atoms with E-state index in [2.05, 4.69) is 20.7 Å². The molecule has 0 unspecified atom stereocenters. The van der Waals surface area contributed by atoms with Gasteiger partial charge in [0.2, 0.25) is 0 Å². The predicted octanol–water partition coefficient (Wildman–Crippen LogP) is 2.65. The highest BCUT2D eigenvalue weighted by atomic mass is 79.9. The second kappa shape index (κ2) is 5.14. The van der Waals surface area contributed by atoms with Gasteiger partial charge in [-0.2, -0.15) is 12.7 Å². The van der Waals surface area contributed by atoms with Gasteiger partial charge < -0.3 is 0 Å². The van der Waals surface area contributed by atoms with Gasteiger partial charge in [0.15, 0.2) is 0 Å². The maximum absolute atomic E-state index is 13.3. The smallest absolute Gasteiger partial charge is 0.271 e. The molecule has 0 aromatic heterocycles. The van der Waals surface area contributed by atoms with Crippen LogP contribution in [0, 0.1) is 12.7 Å². The molecule has 0 bridgehead atoms. The fourth-order valence-corrected chi connectivity index (χ4v) is 3.60. The Morgan fingerprint density at radius 2 is 1.94 bits per heavy atom. The maximum Gasteiger partial charge on any atom is 0.301 e. The number of rotatable bonds is 3. The van der Waals surface area contributed by atoms with Crippen LogP contribution < -0.4 is 4.72 Å². The molecule has 0 atom stereocenters. The molecule has 1 aromatic carbocycles. The van der Waals surface area contributed by atoms with E-state index in [0.717, 1.165) is 12.8 Å². The lowest BCUT2D eigenvalue weighted by atomic mass is 10.2. The summed E-state index contributed by atoms with van der Waals surface area (Å²) in [4.78, 5) is 0. The van der Waals surface area contributed by atoms with Gasteiger partial charge in [-0.25, -0.2) is 4.39 Å². The molecular weight excluding hydrogens is 323 g/mol. The first kappa shape index (κ1) is 13.8. The van der Waals surface area contributed by atoms with Crippen molar-refractivity contribution in [1.29, 1.82) is 0 Å². The van der Waals surface area contributed by atoms with Gasteiger partial charge in [-0.15, -0.1) is 0 Å². The fourth-order valence-electron chi connectivity index (χ4n) is 1.89. The predicted molar refractivity (Wildman–Crippen MR) is 72.2 cm³/mol. The molecule has 1 saturated heterocycles. The molecule has 4 nitrogen and oxygen atoms in total. The van der Waals surface area contributed by atoms with E-state index in [1.165, 1.54) is 16.4 Å². The van der Waals surface area contributed by atoms with Gasteiger partial charge >= 0.3 is 10.2 Å². The van der Waals surface area contributed by atoms with Gasteiger partial charge in [-0.1, -0.05) is 0 Å². The Balaban J connectivity index is 2.26. The molecule has 0 amide bonds. The van der Waals surface area contributed by atoms with E-state index in [9.17, 15) is 12.8 Å². The van der Waals surface area contributed by atoms with E-state index in [0.29, 0.717) is 24.3 Å². The molecule has 0 spiro atoms. The zero-order valence-electron chi connectivity index (χ0n) is 9.91. The number of aryl methyl sites for hydroxylation is 1. The van der Waals surface area contributed by atoms with Gasteiger partial charge in [0.25, 0.3) is 0 Å². The Bertz CT molecular complexity index is 556. The molecule has 1 fully saturated rings. The van der Waals surface area contributed by atoms with Crippen LogP contribution in [-0.2, 0) is 10.2 Å². The Morgan fingerprint density at radius 1 is 1.33 bits per heavy atom. The van der Waals surface area contributed by atoms with Gasteiger partial charge in [-0.05, 0) is 53.4 Å². The van der Waals surface area contributed by atoms with E-state index in [4.69, 9.17) is 0 Å². The normalized spacial score (nSPS) is 17.1. The standard InChI is InChI=1S/C11H14BrFN2O2S/c1-8-6-10(13)9(12)7-11(8)14-18(16,17)15-4-2-3-5-15/h6-7,14H,2-5H2,1H3. The number of benzene rings is 1. The number of hydrogen-bond donors (Lipinski definition) is 1. The van der Waals surface area contributed by atoms with Crippen molar-refractivity contribution in [2.45, 2.75) is 19.8 Å². The minimum absolute atomic E-state index is 0.243. The zero-order valence-corrected chi connectivity index (χ0v) is 12.3. The fraction of sp³-hybridized carbons (Fsp3) is 0.455. The third kappa shape index (κ3) is 2.84. The summed E-state index contributed by atoms with van der Waals surface area (Å²) >= 11 is 3.05. The maximum atomic E-state index is 13.3. The van der Waals surface area contributed by atoms with Crippen molar-refractivity contribution in [2.75, 3.05) is 17.8 Å². The summed E-state index contributed by atoms with van der Waals surface area (Å²) in [5.41, 5.74) is 0.952. The third-order valence-corrected chi connectivity index (χ3v) is 5.04. The highest BCUT2D eigenvalue weighted by Gasteiger charge is 2.25. The van der Waals surface area contributed by atoms with E-state index in [1.807, 2.05) is 0 Å². The summed E-state index contributed by atoms with van der Waals surface area (Å²) in [6.07, 6.45) is 1.76. The highest BCUT2D eigenvalue weighted by Crippen LogP contribution is 2.26. The quantitative estimate of drug-likeness (QED) is 0.922. The van der Waals surface area contributed by atoms with Crippen LogP contribution in [0.3, 0.4) is 0 Å². The lowest BCUT2D eigenvalue weighted by Gasteiger charge is -2.18. The molecule has 0 saturated carbocycles. The zero-order chi connectivity index (χ0) is 13.3. The first-order chi connectivity index (χ1) is 8.40. The van der Waals surface area contributed by atoms with Crippen LogP contribution in [0.2, 0.25) is 0 Å². The van der Waals surface area contributed by atoms with E-state index < -0.39 is 16.0 Å². The summed E-state index contributed by atoms with van der Waals surface area (Å²) < 4.78 is 41.5. The Morgan fingerprint density at radius 3 is 2.56 bits per heavy atom.